The first-order chi connectivity index (χ1) is 17.1. The van der Waals surface area contributed by atoms with Crippen LogP contribution in [0.4, 0.5) is 0 Å². The number of benzene rings is 2. The van der Waals surface area contributed by atoms with Crippen LogP contribution in [-0.2, 0) is 24.3 Å². The van der Waals surface area contributed by atoms with E-state index in [1.54, 1.807) is 24.3 Å². The van der Waals surface area contributed by atoms with E-state index in [1.165, 1.54) is 43.3 Å². The summed E-state index contributed by atoms with van der Waals surface area (Å²) in [6, 6.07) is 11.5. The SMILES string of the molecule is CN(C)S(=O)(=O)c1ccc(C(O)=C2C(=O)C(=O)N(CCN3CCOCC3)[C@H]2c2ccc(Cl)cc2)cc1. The lowest BCUT2D eigenvalue weighted by molar-refractivity contribution is -0.140. The van der Waals surface area contributed by atoms with E-state index >= 15 is 0 Å². The molecule has 4 rings (SSSR count). The second kappa shape index (κ2) is 10.7. The number of amides is 1. The molecule has 2 saturated heterocycles. The Morgan fingerprint density at radius 1 is 1.03 bits per heavy atom. The van der Waals surface area contributed by atoms with Crippen LogP contribution in [-0.4, -0.2) is 92.8 Å². The monoisotopic (exact) mass is 533 g/mol. The van der Waals surface area contributed by atoms with Gasteiger partial charge in [0.2, 0.25) is 10.0 Å². The first-order valence-corrected chi connectivity index (χ1v) is 13.3. The van der Waals surface area contributed by atoms with E-state index in [9.17, 15) is 23.1 Å². The average Bonchev–Trinajstić information content (AvgIpc) is 3.13. The Balaban J connectivity index is 1.72. The van der Waals surface area contributed by atoms with Crippen LogP contribution < -0.4 is 0 Å². The maximum absolute atomic E-state index is 13.2. The van der Waals surface area contributed by atoms with E-state index < -0.39 is 27.8 Å². The normalized spacial score (nSPS) is 20.9. The molecule has 1 N–H and O–H groups in total. The number of rotatable bonds is 7. The van der Waals surface area contributed by atoms with Crippen LogP contribution in [0.2, 0.25) is 5.02 Å². The molecule has 2 aliphatic rings. The molecule has 0 aliphatic carbocycles. The molecule has 1 atom stereocenters. The van der Waals surface area contributed by atoms with Gasteiger partial charge >= 0.3 is 0 Å². The number of aliphatic hydroxyl groups is 1. The van der Waals surface area contributed by atoms with Crippen LogP contribution in [0.1, 0.15) is 17.2 Å². The minimum absolute atomic E-state index is 0.0456. The molecule has 0 radical (unpaired) electrons. The lowest BCUT2D eigenvalue weighted by Gasteiger charge is -2.31. The summed E-state index contributed by atoms with van der Waals surface area (Å²) in [5, 5.41) is 11.7. The average molecular weight is 534 g/mol. The number of nitrogens with zero attached hydrogens (tertiary/aromatic N) is 3. The lowest BCUT2D eigenvalue weighted by atomic mass is 9.95. The summed E-state index contributed by atoms with van der Waals surface area (Å²) >= 11 is 6.06. The van der Waals surface area contributed by atoms with Crippen molar-refractivity contribution < 1.29 is 27.9 Å². The highest BCUT2D eigenvalue weighted by Crippen LogP contribution is 2.39. The minimum atomic E-state index is -3.66. The Morgan fingerprint density at radius 2 is 1.64 bits per heavy atom. The number of halogens is 1. The number of ether oxygens (including phenoxy) is 1. The molecular weight excluding hydrogens is 506 g/mol. The van der Waals surface area contributed by atoms with Crippen molar-refractivity contribution in [3.8, 4) is 0 Å². The maximum atomic E-state index is 13.2. The third-order valence-electron chi connectivity index (χ3n) is 6.39. The molecule has 1 amide bonds. The summed E-state index contributed by atoms with van der Waals surface area (Å²) in [7, 11) is -0.814. The number of aliphatic hydroxyl groups excluding tert-OH is 1. The molecule has 2 aliphatic heterocycles. The molecule has 2 fully saturated rings. The molecule has 0 spiro atoms. The van der Waals surface area contributed by atoms with Gasteiger partial charge in [0, 0.05) is 50.9 Å². The van der Waals surface area contributed by atoms with Crippen LogP contribution in [0.3, 0.4) is 0 Å². The summed E-state index contributed by atoms with van der Waals surface area (Å²) in [6.45, 7) is 3.53. The molecule has 192 valence electrons. The quantitative estimate of drug-likeness (QED) is 0.331. The second-order valence-electron chi connectivity index (χ2n) is 8.81. The summed E-state index contributed by atoms with van der Waals surface area (Å²) in [5.74, 6) is -1.85. The van der Waals surface area contributed by atoms with Gasteiger partial charge in [-0.1, -0.05) is 23.7 Å². The summed E-state index contributed by atoms with van der Waals surface area (Å²) in [4.78, 5) is 30.0. The largest absolute Gasteiger partial charge is 0.507 e. The topological polar surface area (TPSA) is 107 Å². The number of carbonyl (C=O) groups excluding carboxylic acids is 2. The maximum Gasteiger partial charge on any atom is 0.295 e. The van der Waals surface area contributed by atoms with Crippen molar-refractivity contribution in [2.75, 3.05) is 53.5 Å². The van der Waals surface area contributed by atoms with Crippen molar-refractivity contribution in [1.82, 2.24) is 14.1 Å². The van der Waals surface area contributed by atoms with E-state index in [-0.39, 0.29) is 28.3 Å². The van der Waals surface area contributed by atoms with Crippen molar-refractivity contribution in [2.24, 2.45) is 0 Å². The number of hydrogen-bond donors (Lipinski definition) is 1. The van der Waals surface area contributed by atoms with Crippen LogP contribution in [0.5, 0.6) is 0 Å². The number of sulfonamides is 1. The fourth-order valence-electron chi connectivity index (χ4n) is 4.33. The van der Waals surface area contributed by atoms with Gasteiger partial charge < -0.3 is 14.7 Å². The van der Waals surface area contributed by atoms with E-state index in [2.05, 4.69) is 4.90 Å². The van der Waals surface area contributed by atoms with Crippen molar-refractivity contribution in [1.29, 1.82) is 0 Å². The number of morpholine rings is 1. The van der Waals surface area contributed by atoms with Gasteiger partial charge in [-0.15, -0.1) is 0 Å². The molecule has 2 heterocycles. The molecule has 0 unspecified atom stereocenters. The number of carbonyl (C=O) groups is 2. The van der Waals surface area contributed by atoms with Crippen LogP contribution in [0.15, 0.2) is 59.0 Å². The number of ketones is 1. The number of hydrogen-bond acceptors (Lipinski definition) is 7. The van der Waals surface area contributed by atoms with Gasteiger partial charge in [-0.3, -0.25) is 14.5 Å². The highest BCUT2D eigenvalue weighted by molar-refractivity contribution is 7.89. The van der Waals surface area contributed by atoms with Gasteiger partial charge in [0.05, 0.1) is 29.7 Å². The van der Waals surface area contributed by atoms with E-state index in [1.807, 2.05) is 0 Å². The van der Waals surface area contributed by atoms with Gasteiger partial charge in [-0.2, -0.15) is 0 Å². The first kappa shape index (κ1) is 26.3. The van der Waals surface area contributed by atoms with Crippen LogP contribution in [0.25, 0.3) is 5.76 Å². The fourth-order valence-corrected chi connectivity index (χ4v) is 5.35. The molecule has 0 saturated carbocycles. The Hall–Kier alpha value is -2.76. The predicted molar refractivity (Wildman–Crippen MR) is 135 cm³/mol. The zero-order valence-corrected chi connectivity index (χ0v) is 21.6. The molecule has 11 heteroatoms. The van der Waals surface area contributed by atoms with Gasteiger partial charge in [-0.05, 0) is 42.0 Å². The first-order valence-electron chi connectivity index (χ1n) is 11.5. The molecular formula is C25H28ClN3O6S. The highest BCUT2D eigenvalue weighted by atomic mass is 35.5. The van der Waals surface area contributed by atoms with Crippen LogP contribution in [0, 0.1) is 0 Å². The van der Waals surface area contributed by atoms with Gasteiger partial charge in [0.15, 0.2) is 0 Å². The van der Waals surface area contributed by atoms with Crippen molar-refractivity contribution in [2.45, 2.75) is 10.9 Å². The molecule has 2 aromatic carbocycles. The molecule has 0 aromatic heterocycles. The Labute approximate surface area is 215 Å². The Kier molecular flexibility index (Phi) is 7.82. The lowest BCUT2D eigenvalue weighted by Crippen LogP contribution is -2.42. The summed E-state index contributed by atoms with van der Waals surface area (Å²) in [6.07, 6.45) is 0. The van der Waals surface area contributed by atoms with E-state index in [4.69, 9.17) is 16.3 Å². The standard InChI is InChI=1S/C25H28ClN3O6S/c1-27(2)36(33,34)20-9-5-18(6-10-20)23(30)21-22(17-3-7-19(26)8-4-17)29(25(32)24(21)31)12-11-28-13-15-35-16-14-28/h3-10,22,30H,11-16H2,1-2H3/t22-/m0/s1. The van der Waals surface area contributed by atoms with E-state index in [0.717, 1.165) is 17.4 Å². The van der Waals surface area contributed by atoms with Crippen molar-refractivity contribution in [3.63, 3.8) is 0 Å². The summed E-state index contributed by atoms with van der Waals surface area (Å²) in [5.41, 5.74) is 0.819. The zero-order valence-electron chi connectivity index (χ0n) is 20.1. The van der Waals surface area contributed by atoms with Gasteiger partial charge in [-0.25, -0.2) is 12.7 Å². The second-order valence-corrected chi connectivity index (χ2v) is 11.4. The Bertz CT molecular complexity index is 1270. The third-order valence-corrected chi connectivity index (χ3v) is 8.47. The van der Waals surface area contributed by atoms with Gasteiger partial charge in [0.25, 0.3) is 11.7 Å². The number of likely N-dealkylation sites (tertiary alicyclic amines) is 1. The van der Waals surface area contributed by atoms with Crippen molar-refractivity contribution in [3.05, 3.63) is 70.3 Å². The predicted octanol–water partition coefficient (Wildman–Crippen LogP) is 2.34. The number of Topliss-reactive ketones (excluding diaryl/α,β-unsaturated/α-hetero) is 1. The van der Waals surface area contributed by atoms with Crippen LogP contribution >= 0.6 is 11.6 Å². The van der Waals surface area contributed by atoms with Crippen molar-refractivity contribution >= 4 is 39.1 Å². The van der Waals surface area contributed by atoms with Gasteiger partial charge in [0.1, 0.15) is 5.76 Å². The molecule has 9 nitrogen and oxygen atoms in total. The fraction of sp³-hybridized carbons (Fsp3) is 0.360. The molecule has 2 aromatic rings. The Morgan fingerprint density at radius 3 is 2.22 bits per heavy atom. The third kappa shape index (κ3) is 5.18. The zero-order chi connectivity index (χ0) is 26.0. The minimum Gasteiger partial charge on any atom is -0.507 e. The van der Waals surface area contributed by atoms with E-state index in [0.29, 0.717) is 30.3 Å². The molecule has 36 heavy (non-hydrogen) atoms. The molecule has 0 bridgehead atoms. The summed E-state index contributed by atoms with van der Waals surface area (Å²) < 4.78 is 31.3. The smallest absolute Gasteiger partial charge is 0.295 e. The highest BCUT2D eigenvalue weighted by Gasteiger charge is 2.46.